The molecule has 0 amide bonds. The van der Waals surface area contributed by atoms with Crippen LogP contribution in [0.4, 0.5) is 14.5 Å². The lowest BCUT2D eigenvalue weighted by atomic mass is 10.1. The highest BCUT2D eigenvalue weighted by Gasteiger charge is 2.26. The van der Waals surface area contributed by atoms with Crippen LogP contribution in [0.1, 0.15) is 43.0 Å². The molecule has 104 valence electrons. The Labute approximate surface area is 110 Å². The fraction of sp³-hybridized carbons (Fsp3) is 0.500. The zero-order chi connectivity index (χ0) is 14.0. The topological polar surface area (TPSA) is 49.3 Å². The van der Waals surface area contributed by atoms with Gasteiger partial charge in [0.05, 0.1) is 11.3 Å². The van der Waals surface area contributed by atoms with Crippen LogP contribution in [0, 0.1) is 17.6 Å². The molecule has 5 heteroatoms. The van der Waals surface area contributed by atoms with Crippen molar-refractivity contribution in [2.45, 2.75) is 38.6 Å². The standard InChI is InChI=1S/C14H17F2NO2/c1-2-9(7-8-3-4-8)17-11-6-5-10(14(18)19)12(15)13(11)16/h5-6,8-9,17H,2-4,7H2,1H3,(H,18,19). The number of nitrogens with one attached hydrogen (secondary N) is 1. The molecule has 1 aliphatic rings. The maximum atomic E-state index is 13.8. The Morgan fingerprint density at radius 2 is 2.11 bits per heavy atom. The van der Waals surface area contributed by atoms with E-state index in [-0.39, 0.29) is 11.7 Å². The third kappa shape index (κ3) is 3.22. The molecule has 0 bridgehead atoms. The number of benzene rings is 1. The van der Waals surface area contributed by atoms with E-state index in [0.717, 1.165) is 18.9 Å². The molecule has 1 aromatic carbocycles. The molecule has 0 saturated heterocycles. The van der Waals surface area contributed by atoms with Gasteiger partial charge in [0.1, 0.15) is 0 Å². The molecule has 1 unspecified atom stereocenters. The summed E-state index contributed by atoms with van der Waals surface area (Å²) in [7, 11) is 0. The summed E-state index contributed by atoms with van der Waals surface area (Å²) in [6, 6.07) is 2.47. The Morgan fingerprint density at radius 1 is 1.42 bits per heavy atom. The third-order valence-electron chi connectivity index (χ3n) is 3.48. The van der Waals surface area contributed by atoms with Gasteiger partial charge in [0.15, 0.2) is 11.6 Å². The van der Waals surface area contributed by atoms with E-state index in [4.69, 9.17) is 5.11 Å². The molecule has 0 radical (unpaired) electrons. The van der Waals surface area contributed by atoms with Crippen molar-refractivity contribution in [2.24, 2.45) is 5.92 Å². The summed E-state index contributed by atoms with van der Waals surface area (Å²) in [5.74, 6) is -3.20. The van der Waals surface area contributed by atoms with Crippen LogP contribution in [0.3, 0.4) is 0 Å². The zero-order valence-corrected chi connectivity index (χ0v) is 10.7. The minimum absolute atomic E-state index is 0.0370. The molecule has 1 fully saturated rings. The third-order valence-corrected chi connectivity index (χ3v) is 3.48. The molecular weight excluding hydrogens is 252 g/mol. The Balaban J connectivity index is 2.15. The predicted octanol–water partition coefficient (Wildman–Crippen LogP) is 3.65. The maximum absolute atomic E-state index is 13.8. The summed E-state index contributed by atoms with van der Waals surface area (Å²) >= 11 is 0. The van der Waals surface area contributed by atoms with Gasteiger partial charge in [-0.3, -0.25) is 0 Å². The molecule has 19 heavy (non-hydrogen) atoms. The second-order valence-corrected chi connectivity index (χ2v) is 5.02. The van der Waals surface area contributed by atoms with Crippen LogP contribution in [0.25, 0.3) is 0 Å². The fourth-order valence-electron chi connectivity index (χ4n) is 2.13. The van der Waals surface area contributed by atoms with Gasteiger partial charge in [0, 0.05) is 6.04 Å². The summed E-state index contributed by atoms with van der Waals surface area (Å²) in [5.41, 5.74) is -0.603. The Bertz CT molecular complexity index is 487. The second kappa shape index (κ2) is 5.55. The van der Waals surface area contributed by atoms with Gasteiger partial charge in [-0.2, -0.15) is 0 Å². The molecule has 2 N–H and O–H groups in total. The second-order valence-electron chi connectivity index (χ2n) is 5.02. The Morgan fingerprint density at radius 3 is 2.63 bits per heavy atom. The monoisotopic (exact) mass is 269 g/mol. The van der Waals surface area contributed by atoms with Crippen LogP contribution < -0.4 is 5.32 Å². The van der Waals surface area contributed by atoms with Gasteiger partial charge in [-0.15, -0.1) is 0 Å². The minimum atomic E-state index is -1.46. The molecule has 1 saturated carbocycles. The average molecular weight is 269 g/mol. The van der Waals surface area contributed by atoms with Gasteiger partial charge < -0.3 is 10.4 Å². The maximum Gasteiger partial charge on any atom is 0.338 e. The number of carboxylic acid groups (broad SMARTS) is 1. The molecule has 1 aliphatic carbocycles. The number of anilines is 1. The summed E-state index contributed by atoms with van der Waals surface area (Å²) in [6.45, 7) is 1.99. The van der Waals surface area contributed by atoms with Gasteiger partial charge in [0.2, 0.25) is 0 Å². The Hall–Kier alpha value is -1.65. The van der Waals surface area contributed by atoms with Crippen LogP contribution in [0.15, 0.2) is 12.1 Å². The molecule has 1 atom stereocenters. The quantitative estimate of drug-likeness (QED) is 0.828. The van der Waals surface area contributed by atoms with Gasteiger partial charge in [-0.1, -0.05) is 19.8 Å². The minimum Gasteiger partial charge on any atom is -0.478 e. The number of aromatic carboxylic acids is 1. The van der Waals surface area contributed by atoms with Gasteiger partial charge in [-0.25, -0.2) is 13.6 Å². The van der Waals surface area contributed by atoms with E-state index in [1.54, 1.807) is 0 Å². The van der Waals surface area contributed by atoms with Crippen molar-refractivity contribution in [3.05, 3.63) is 29.3 Å². The van der Waals surface area contributed by atoms with Gasteiger partial charge in [0.25, 0.3) is 0 Å². The fourth-order valence-corrected chi connectivity index (χ4v) is 2.13. The first-order valence-electron chi connectivity index (χ1n) is 6.50. The summed E-state index contributed by atoms with van der Waals surface area (Å²) in [5, 5.41) is 11.7. The number of rotatable bonds is 6. The van der Waals surface area contributed by atoms with Crippen LogP contribution in [0.5, 0.6) is 0 Å². The van der Waals surface area contributed by atoms with E-state index in [2.05, 4.69) is 5.32 Å². The van der Waals surface area contributed by atoms with E-state index in [1.165, 1.54) is 18.9 Å². The van der Waals surface area contributed by atoms with E-state index in [9.17, 15) is 13.6 Å². The van der Waals surface area contributed by atoms with Gasteiger partial charge in [-0.05, 0) is 30.9 Å². The molecule has 0 spiro atoms. The number of hydrogen-bond acceptors (Lipinski definition) is 2. The number of halogens is 2. The van der Waals surface area contributed by atoms with Crippen LogP contribution in [-0.2, 0) is 0 Å². The average Bonchev–Trinajstić information content (AvgIpc) is 3.17. The molecule has 3 nitrogen and oxygen atoms in total. The number of carboxylic acids is 1. The summed E-state index contributed by atoms with van der Waals surface area (Å²) in [4.78, 5) is 10.7. The smallest absolute Gasteiger partial charge is 0.338 e. The first-order chi connectivity index (χ1) is 9.02. The van der Waals surface area contributed by atoms with Crippen molar-refractivity contribution in [3.63, 3.8) is 0 Å². The van der Waals surface area contributed by atoms with Crippen LogP contribution in [0.2, 0.25) is 0 Å². The van der Waals surface area contributed by atoms with Crippen LogP contribution >= 0.6 is 0 Å². The van der Waals surface area contributed by atoms with Gasteiger partial charge >= 0.3 is 5.97 Å². The molecule has 0 aromatic heterocycles. The normalized spacial score (nSPS) is 16.2. The summed E-state index contributed by atoms with van der Waals surface area (Å²) < 4.78 is 27.3. The van der Waals surface area contributed by atoms with Crippen LogP contribution in [-0.4, -0.2) is 17.1 Å². The molecule has 0 aliphatic heterocycles. The highest BCUT2D eigenvalue weighted by atomic mass is 19.2. The van der Waals surface area contributed by atoms with Crippen molar-refractivity contribution in [1.82, 2.24) is 0 Å². The Kier molecular flexibility index (Phi) is 4.02. The van der Waals surface area contributed by atoms with E-state index >= 15 is 0 Å². The first kappa shape index (κ1) is 13.8. The molecular formula is C14H17F2NO2. The zero-order valence-electron chi connectivity index (χ0n) is 10.7. The predicted molar refractivity (Wildman–Crippen MR) is 68.4 cm³/mol. The van der Waals surface area contributed by atoms with Crippen molar-refractivity contribution in [3.8, 4) is 0 Å². The van der Waals surface area contributed by atoms with E-state index < -0.39 is 23.2 Å². The lowest BCUT2D eigenvalue weighted by Crippen LogP contribution is -2.20. The lowest BCUT2D eigenvalue weighted by Gasteiger charge is -2.19. The number of hydrogen-bond donors (Lipinski definition) is 2. The highest BCUT2D eigenvalue weighted by Crippen LogP contribution is 2.35. The molecule has 2 rings (SSSR count). The van der Waals surface area contributed by atoms with Crippen molar-refractivity contribution in [2.75, 3.05) is 5.32 Å². The highest BCUT2D eigenvalue weighted by molar-refractivity contribution is 5.88. The SMILES string of the molecule is CCC(CC1CC1)Nc1ccc(C(=O)O)c(F)c1F. The van der Waals surface area contributed by atoms with Crippen molar-refractivity contribution < 1.29 is 18.7 Å². The first-order valence-corrected chi connectivity index (χ1v) is 6.50. The summed E-state index contributed by atoms with van der Waals surface area (Å²) in [6.07, 6.45) is 4.16. The largest absolute Gasteiger partial charge is 0.478 e. The lowest BCUT2D eigenvalue weighted by molar-refractivity contribution is 0.0690. The van der Waals surface area contributed by atoms with E-state index in [1.807, 2.05) is 6.92 Å². The molecule has 1 aromatic rings. The van der Waals surface area contributed by atoms with Crippen molar-refractivity contribution in [1.29, 1.82) is 0 Å². The van der Waals surface area contributed by atoms with E-state index in [0.29, 0.717) is 5.92 Å². The van der Waals surface area contributed by atoms with Crippen molar-refractivity contribution >= 4 is 11.7 Å². The molecule has 0 heterocycles. The number of carbonyl (C=O) groups is 1.